The third-order valence-electron chi connectivity index (χ3n) is 3.53. The lowest BCUT2D eigenvalue weighted by Gasteiger charge is -2.14. The number of nitrogens with zero attached hydrogens (tertiary/aromatic N) is 3. The van der Waals surface area contributed by atoms with Crippen LogP contribution >= 0.6 is 0 Å². The number of hydrogen-bond acceptors (Lipinski definition) is 4. The average Bonchev–Trinajstić information content (AvgIpc) is 3.03. The molecule has 2 aromatic heterocycles. The van der Waals surface area contributed by atoms with Crippen LogP contribution in [0.3, 0.4) is 0 Å². The highest BCUT2D eigenvalue weighted by atomic mass is 16.1. The van der Waals surface area contributed by atoms with Crippen LogP contribution in [0.4, 0.5) is 0 Å². The molecule has 7 nitrogen and oxygen atoms in total. The van der Waals surface area contributed by atoms with E-state index in [4.69, 9.17) is 0 Å². The Labute approximate surface area is 132 Å². The zero-order valence-corrected chi connectivity index (χ0v) is 12.7. The van der Waals surface area contributed by atoms with Gasteiger partial charge in [0, 0.05) is 23.8 Å². The van der Waals surface area contributed by atoms with Crippen LogP contribution in [-0.4, -0.2) is 31.9 Å². The third-order valence-corrected chi connectivity index (χ3v) is 3.53. The molecular formula is C16H17N5O2. The minimum absolute atomic E-state index is 0.0589. The molecule has 0 bridgehead atoms. The first-order chi connectivity index (χ1) is 11.1. The summed E-state index contributed by atoms with van der Waals surface area (Å²) in [6, 6.07) is 8.91. The lowest BCUT2D eigenvalue weighted by atomic mass is 10.1. The number of nitrogens with one attached hydrogen (secondary N) is 2. The van der Waals surface area contributed by atoms with Gasteiger partial charge in [0.25, 0.3) is 5.56 Å². The van der Waals surface area contributed by atoms with E-state index in [1.165, 1.54) is 0 Å². The fraction of sp³-hybridized carbons (Fsp3) is 0.250. The van der Waals surface area contributed by atoms with Crippen LogP contribution in [0.5, 0.6) is 0 Å². The standard InChI is InChI=1S/C16H17N5O2/c1-11(10-21-8-4-7-17-21)18-15(22)9-14-12-5-2-3-6-13(12)16(23)20-19-14/h2-8,11H,9-10H2,1H3,(H,18,22)(H,20,23)/t11-/m0/s1. The molecular weight excluding hydrogens is 294 g/mol. The molecule has 2 heterocycles. The highest BCUT2D eigenvalue weighted by Crippen LogP contribution is 2.12. The summed E-state index contributed by atoms with van der Waals surface area (Å²) in [5.41, 5.74) is 0.306. The second-order valence-electron chi connectivity index (χ2n) is 5.42. The number of hydrogen-bond donors (Lipinski definition) is 2. The SMILES string of the molecule is C[C@@H](Cn1cccn1)NC(=O)Cc1n[nH]c(=O)c2ccccc12. The Hall–Kier alpha value is -2.96. The number of H-pyrrole nitrogens is 1. The lowest BCUT2D eigenvalue weighted by Crippen LogP contribution is -2.37. The van der Waals surface area contributed by atoms with Gasteiger partial charge in [-0.05, 0) is 19.1 Å². The van der Waals surface area contributed by atoms with Crippen molar-refractivity contribution in [3.05, 3.63) is 58.8 Å². The molecule has 118 valence electrons. The van der Waals surface area contributed by atoms with Crippen LogP contribution in [0.25, 0.3) is 10.8 Å². The smallest absolute Gasteiger partial charge is 0.272 e. The zero-order chi connectivity index (χ0) is 16.2. The van der Waals surface area contributed by atoms with Crippen molar-refractivity contribution in [2.45, 2.75) is 25.9 Å². The monoisotopic (exact) mass is 311 g/mol. The normalized spacial score (nSPS) is 12.2. The van der Waals surface area contributed by atoms with Gasteiger partial charge >= 0.3 is 0 Å². The molecule has 0 aliphatic carbocycles. The second-order valence-corrected chi connectivity index (χ2v) is 5.42. The summed E-state index contributed by atoms with van der Waals surface area (Å²) in [5, 5.41) is 14.7. The largest absolute Gasteiger partial charge is 0.351 e. The van der Waals surface area contributed by atoms with Crippen molar-refractivity contribution in [3.63, 3.8) is 0 Å². The van der Waals surface area contributed by atoms with E-state index in [0.29, 0.717) is 23.0 Å². The summed E-state index contributed by atoms with van der Waals surface area (Å²) in [4.78, 5) is 24.0. The number of fused-ring (bicyclic) bond motifs is 1. The van der Waals surface area contributed by atoms with E-state index in [2.05, 4.69) is 20.6 Å². The van der Waals surface area contributed by atoms with Crippen LogP contribution in [-0.2, 0) is 17.8 Å². The molecule has 1 aromatic carbocycles. The van der Waals surface area contributed by atoms with Crippen molar-refractivity contribution in [2.24, 2.45) is 0 Å². The number of aromatic amines is 1. The van der Waals surface area contributed by atoms with E-state index in [9.17, 15) is 9.59 Å². The summed E-state index contributed by atoms with van der Waals surface area (Å²) in [7, 11) is 0. The van der Waals surface area contributed by atoms with Gasteiger partial charge in [-0.3, -0.25) is 14.3 Å². The Bertz CT molecular complexity index is 870. The Kier molecular flexibility index (Phi) is 4.18. The molecule has 0 fully saturated rings. The number of rotatable bonds is 5. The maximum absolute atomic E-state index is 12.2. The van der Waals surface area contributed by atoms with Crippen LogP contribution in [0.2, 0.25) is 0 Å². The summed E-state index contributed by atoms with van der Waals surface area (Å²) < 4.78 is 1.76. The quantitative estimate of drug-likeness (QED) is 0.731. The number of carbonyl (C=O) groups is 1. The predicted octanol–water partition coefficient (Wildman–Crippen LogP) is 0.867. The molecule has 0 saturated carbocycles. The molecule has 0 radical (unpaired) electrons. The Morgan fingerprint density at radius 3 is 2.83 bits per heavy atom. The maximum atomic E-state index is 12.2. The van der Waals surface area contributed by atoms with Crippen molar-refractivity contribution in [2.75, 3.05) is 0 Å². The highest BCUT2D eigenvalue weighted by Gasteiger charge is 2.13. The second kappa shape index (κ2) is 6.43. The van der Waals surface area contributed by atoms with Gasteiger partial charge in [-0.1, -0.05) is 18.2 Å². The molecule has 0 aliphatic heterocycles. The molecule has 3 rings (SSSR count). The first-order valence-corrected chi connectivity index (χ1v) is 7.36. The van der Waals surface area contributed by atoms with Crippen molar-refractivity contribution in [3.8, 4) is 0 Å². The molecule has 3 aromatic rings. The van der Waals surface area contributed by atoms with E-state index in [1.807, 2.05) is 25.3 Å². The number of benzene rings is 1. The average molecular weight is 311 g/mol. The molecule has 1 amide bonds. The van der Waals surface area contributed by atoms with Crippen LogP contribution < -0.4 is 10.9 Å². The van der Waals surface area contributed by atoms with Gasteiger partial charge in [0.1, 0.15) is 0 Å². The van der Waals surface area contributed by atoms with Gasteiger partial charge < -0.3 is 5.32 Å². The Morgan fingerprint density at radius 2 is 2.09 bits per heavy atom. The van der Waals surface area contributed by atoms with Gasteiger partial charge in [-0.25, -0.2) is 5.10 Å². The summed E-state index contributed by atoms with van der Waals surface area (Å²) in [6.45, 7) is 2.51. The summed E-state index contributed by atoms with van der Waals surface area (Å²) >= 11 is 0. The number of amides is 1. The highest BCUT2D eigenvalue weighted by molar-refractivity contribution is 5.88. The molecule has 0 saturated heterocycles. The lowest BCUT2D eigenvalue weighted by molar-refractivity contribution is -0.121. The summed E-state index contributed by atoms with van der Waals surface area (Å²) in [6.07, 6.45) is 3.66. The van der Waals surface area contributed by atoms with Crippen LogP contribution in [0.1, 0.15) is 12.6 Å². The Balaban J connectivity index is 1.71. The predicted molar refractivity (Wildman–Crippen MR) is 85.9 cm³/mol. The summed E-state index contributed by atoms with van der Waals surface area (Å²) in [5.74, 6) is -0.144. The zero-order valence-electron chi connectivity index (χ0n) is 12.7. The third kappa shape index (κ3) is 3.45. The molecule has 7 heteroatoms. The van der Waals surface area contributed by atoms with E-state index in [1.54, 1.807) is 29.1 Å². The van der Waals surface area contributed by atoms with Crippen molar-refractivity contribution in [1.82, 2.24) is 25.3 Å². The van der Waals surface area contributed by atoms with Gasteiger partial charge in [0.05, 0.1) is 24.0 Å². The van der Waals surface area contributed by atoms with Crippen LogP contribution in [0.15, 0.2) is 47.5 Å². The molecule has 0 aliphatic rings. The molecule has 2 N–H and O–H groups in total. The first-order valence-electron chi connectivity index (χ1n) is 7.36. The van der Waals surface area contributed by atoms with Gasteiger partial charge in [0.15, 0.2) is 0 Å². The fourth-order valence-electron chi connectivity index (χ4n) is 2.52. The van der Waals surface area contributed by atoms with E-state index in [0.717, 1.165) is 0 Å². The number of aromatic nitrogens is 4. The fourth-order valence-corrected chi connectivity index (χ4v) is 2.52. The minimum Gasteiger partial charge on any atom is -0.351 e. The van der Waals surface area contributed by atoms with E-state index in [-0.39, 0.29) is 23.9 Å². The van der Waals surface area contributed by atoms with Crippen molar-refractivity contribution >= 4 is 16.7 Å². The first kappa shape index (κ1) is 15.0. The van der Waals surface area contributed by atoms with E-state index >= 15 is 0 Å². The Morgan fingerprint density at radius 1 is 1.30 bits per heavy atom. The van der Waals surface area contributed by atoms with Gasteiger partial charge in [0.2, 0.25) is 5.91 Å². The van der Waals surface area contributed by atoms with Gasteiger partial charge in [-0.2, -0.15) is 10.2 Å². The van der Waals surface area contributed by atoms with E-state index < -0.39 is 0 Å². The minimum atomic E-state index is -0.253. The maximum Gasteiger partial charge on any atom is 0.272 e. The molecule has 0 spiro atoms. The molecule has 0 unspecified atom stereocenters. The van der Waals surface area contributed by atoms with Crippen molar-refractivity contribution < 1.29 is 4.79 Å². The van der Waals surface area contributed by atoms with Crippen LogP contribution in [0, 0.1) is 0 Å². The topological polar surface area (TPSA) is 92.7 Å². The van der Waals surface area contributed by atoms with Crippen molar-refractivity contribution in [1.29, 1.82) is 0 Å². The number of carbonyl (C=O) groups excluding carboxylic acids is 1. The molecule has 23 heavy (non-hydrogen) atoms. The molecule has 1 atom stereocenters. The van der Waals surface area contributed by atoms with Gasteiger partial charge in [-0.15, -0.1) is 0 Å².